The van der Waals surface area contributed by atoms with Gasteiger partial charge in [0, 0.05) is 13.0 Å². The third-order valence-corrected chi connectivity index (χ3v) is 1.37. The smallest absolute Gasteiger partial charge is 0.295 e. The van der Waals surface area contributed by atoms with Crippen LogP contribution in [-0.2, 0) is 6.54 Å². The highest BCUT2D eigenvalue weighted by atomic mass is 16.3. The van der Waals surface area contributed by atoms with E-state index in [-0.39, 0.29) is 6.61 Å². The van der Waals surface area contributed by atoms with Gasteiger partial charge < -0.3 is 5.11 Å². The van der Waals surface area contributed by atoms with Gasteiger partial charge in [-0.2, -0.15) is 0 Å². The van der Waals surface area contributed by atoms with Gasteiger partial charge in [0.15, 0.2) is 0 Å². The van der Waals surface area contributed by atoms with Crippen molar-refractivity contribution in [1.82, 2.24) is 4.98 Å². The second-order valence-electron chi connectivity index (χ2n) is 2.08. The van der Waals surface area contributed by atoms with Gasteiger partial charge in [-0.1, -0.05) is 4.98 Å². The molecule has 0 atom stereocenters. The Bertz CT molecular complexity index is 213. The van der Waals surface area contributed by atoms with E-state index in [4.69, 9.17) is 5.11 Å². The van der Waals surface area contributed by atoms with E-state index >= 15 is 0 Å². The zero-order valence-electron chi connectivity index (χ0n) is 5.99. The molecule has 10 heavy (non-hydrogen) atoms. The summed E-state index contributed by atoms with van der Waals surface area (Å²) in [5.41, 5.74) is 0. The molecule has 0 aliphatic rings. The predicted molar refractivity (Wildman–Crippen MR) is 36.3 cm³/mol. The van der Waals surface area contributed by atoms with Crippen LogP contribution in [0.1, 0.15) is 5.82 Å². The molecule has 0 unspecified atom stereocenters. The number of hydrogen-bond donors (Lipinski definition) is 1. The highest BCUT2D eigenvalue weighted by molar-refractivity contribution is 4.76. The van der Waals surface area contributed by atoms with Crippen molar-refractivity contribution in [2.45, 2.75) is 13.5 Å². The summed E-state index contributed by atoms with van der Waals surface area (Å²) in [4.78, 5) is 4.05. The van der Waals surface area contributed by atoms with E-state index in [0.29, 0.717) is 6.54 Å². The van der Waals surface area contributed by atoms with E-state index in [1.165, 1.54) is 0 Å². The highest BCUT2D eigenvalue weighted by Crippen LogP contribution is 1.79. The van der Waals surface area contributed by atoms with Crippen molar-refractivity contribution in [3.63, 3.8) is 0 Å². The molecule has 3 nitrogen and oxygen atoms in total. The molecule has 0 aromatic carbocycles. The van der Waals surface area contributed by atoms with E-state index in [2.05, 4.69) is 4.98 Å². The quantitative estimate of drug-likeness (QED) is 0.570. The lowest BCUT2D eigenvalue weighted by atomic mass is 10.5. The molecule has 1 N–H and O–H groups in total. The van der Waals surface area contributed by atoms with Crippen molar-refractivity contribution < 1.29 is 9.67 Å². The lowest BCUT2D eigenvalue weighted by Crippen LogP contribution is -2.38. The topological polar surface area (TPSA) is 37.0 Å². The number of aryl methyl sites for hydroxylation is 1. The van der Waals surface area contributed by atoms with Crippen LogP contribution in [0.3, 0.4) is 0 Å². The molecule has 0 aliphatic heterocycles. The van der Waals surface area contributed by atoms with Gasteiger partial charge in [-0.05, 0) is 0 Å². The summed E-state index contributed by atoms with van der Waals surface area (Å²) in [6.45, 7) is 2.70. The van der Waals surface area contributed by atoms with Crippen molar-refractivity contribution in [3.8, 4) is 0 Å². The number of hydrogen-bond acceptors (Lipinski definition) is 2. The molecule has 1 heterocycles. The van der Waals surface area contributed by atoms with Crippen LogP contribution in [-0.4, -0.2) is 16.7 Å². The largest absolute Gasteiger partial charge is 0.392 e. The Morgan fingerprint density at radius 3 is 3.10 bits per heavy atom. The average molecular weight is 139 g/mol. The van der Waals surface area contributed by atoms with Crippen molar-refractivity contribution >= 4 is 0 Å². The number of rotatable bonds is 2. The van der Waals surface area contributed by atoms with Gasteiger partial charge in [0.25, 0.3) is 5.82 Å². The molecule has 1 aromatic rings. The zero-order valence-corrected chi connectivity index (χ0v) is 5.99. The van der Waals surface area contributed by atoms with E-state index in [1.807, 2.05) is 23.8 Å². The van der Waals surface area contributed by atoms with Gasteiger partial charge >= 0.3 is 0 Å². The highest BCUT2D eigenvalue weighted by Gasteiger charge is 2.01. The molecule has 0 amide bonds. The van der Waals surface area contributed by atoms with Crippen molar-refractivity contribution in [2.75, 3.05) is 6.61 Å². The molecular formula is C7H11N2O+. The third kappa shape index (κ3) is 1.51. The maximum atomic E-state index is 8.60. The van der Waals surface area contributed by atoms with Crippen LogP contribution in [0.4, 0.5) is 0 Å². The third-order valence-electron chi connectivity index (χ3n) is 1.37. The fraction of sp³-hybridized carbons (Fsp3) is 0.429. The molecule has 0 fully saturated rings. The van der Waals surface area contributed by atoms with Crippen LogP contribution < -0.4 is 4.57 Å². The van der Waals surface area contributed by atoms with Crippen LogP contribution in [0.2, 0.25) is 0 Å². The van der Waals surface area contributed by atoms with Crippen molar-refractivity contribution in [1.29, 1.82) is 0 Å². The molecule has 0 saturated heterocycles. The Balaban J connectivity index is 2.81. The predicted octanol–water partition coefficient (Wildman–Crippen LogP) is -0.330. The second kappa shape index (κ2) is 3.27. The van der Waals surface area contributed by atoms with E-state index in [9.17, 15) is 0 Å². The van der Waals surface area contributed by atoms with E-state index < -0.39 is 0 Å². The zero-order chi connectivity index (χ0) is 7.40. The van der Waals surface area contributed by atoms with Crippen LogP contribution >= 0.6 is 0 Å². The fourth-order valence-corrected chi connectivity index (χ4v) is 0.819. The Morgan fingerprint density at radius 1 is 1.70 bits per heavy atom. The first-order valence-corrected chi connectivity index (χ1v) is 3.26. The van der Waals surface area contributed by atoms with Crippen molar-refractivity contribution in [2.24, 2.45) is 0 Å². The molecule has 1 rings (SSSR count). The summed E-state index contributed by atoms with van der Waals surface area (Å²) in [6.07, 6.45) is 3.64. The van der Waals surface area contributed by atoms with E-state index in [0.717, 1.165) is 5.82 Å². The van der Waals surface area contributed by atoms with Gasteiger partial charge in [-0.25, -0.2) is 4.57 Å². The summed E-state index contributed by atoms with van der Waals surface area (Å²) >= 11 is 0. The molecule has 54 valence electrons. The number of aliphatic hydroxyl groups excluding tert-OH is 1. The maximum Gasteiger partial charge on any atom is 0.295 e. The Hall–Kier alpha value is -0.960. The maximum absolute atomic E-state index is 8.60. The summed E-state index contributed by atoms with van der Waals surface area (Å²) < 4.78 is 1.90. The first-order chi connectivity index (χ1) is 4.84. The normalized spacial score (nSPS) is 9.80. The minimum Gasteiger partial charge on any atom is -0.392 e. The Morgan fingerprint density at radius 2 is 2.50 bits per heavy atom. The lowest BCUT2D eigenvalue weighted by molar-refractivity contribution is -0.707. The number of aliphatic hydroxyl groups is 1. The Labute approximate surface area is 60.0 Å². The van der Waals surface area contributed by atoms with Gasteiger partial charge in [-0.15, -0.1) is 0 Å². The summed E-state index contributed by atoms with van der Waals surface area (Å²) in [6, 6.07) is 1.85. The van der Waals surface area contributed by atoms with Gasteiger partial charge in [-0.3, -0.25) is 0 Å². The fourth-order valence-electron chi connectivity index (χ4n) is 0.819. The lowest BCUT2D eigenvalue weighted by Gasteiger charge is -1.95. The summed E-state index contributed by atoms with van der Waals surface area (Å²) in [5, 5.41) is 8.60. The van der Waals surface area contributed by atoms with Crippen LogP contribution in [0.15, 0.2) is 18.5 Å². The second-order valence-corrected chi connectivity index (χ2v) is 2.08. The van der Waals surface area contributed by atoms with Gasteiger partial charge in [0.1, 0.15) is 12.7 Å². The molecule has 1 aromatic heterocycles. The molecular weight excluding hydrogens is 128 g/mol. The molecule has 0 radical (unpaired) electrons. The summed E-state index contributed by atoms with van der Waals surface area (Å²) in [5.74, 6) is 0.927. The first-order valence-electron chi connectivity index (χ1n) is 3.26. The van der Waals surface area contributed by atoms with Crippen LogP contribution in [0.25, 0.3) is 0 Å². The minimum absolute atomic E-state index is 0.164. The monoisotopic (exact) mass is 139 g/mol. The molecule has 3 heteroatoms. The van der Waals surface area contributed by atoms with Crippen LogP contribution in [0, 0.1) is 6.92 Å². The molecule has 0 aliphatic carbocycles. The van der Waals surface area contributed by atoms with Crippen LogP contribution in [0.5, 0.6) is 0 Å². The van der Waals surface area contributed by atoms with E-state index in [1.54, 1.807) is 6.20 Å². The van der Waals surface area contributed by atoms with Gasteiger partial charge in [0.2, 0.25) is 0 Å². The molecule has 0 spiro atoms. The summed E-state index contributed by atoms with van der Waals surface area (Å²) in [7, 11) is 0. The van der Waals surface area contributed by atoms with Crippen molar-refractivity contribution in [3.05, 3.63) is 24.3 Å². The minimum atomic E-state index is 0.164. The average Bonchev–Trinajstić information content (AvgIpc) is 1.94. The Kier molecular flexibility index (Phi) is 2.34. The number of aromatic nitrogens is 2. The molecule has 0 saturated carbocycles. The SMILES string of the molecule is Cc1nccc[n+]1CCO. The first kappa shape index (κ1) is 7.15. The standard InChI is InChI=1S/C7H11N2O/c1-7-8-3-2-4-9(7)5-6-10/h2-4,10H,5-6H2,1H3/q+1. The number of nitrogens with zero attached hydrogens (tertiary/aromatic N) is 2. The van der Waals surface area contributed by atoms with Gasteiger partial charge in [0.05, 0.1) is 12.8 Å². The molecule has 0 bridgehead atoms.